The lowest BCUT2D eigenvalue weighted by Crippen LogP contribution is -2.35. The molecule has 32 heavy (non-hydrogen) atoms. The Kier molecular flexibility index (Phi) is 6.05. The number of Topliss-reactive ketones (excluding diaryl/α,β-unsaturated/α-hetero) is 1. The van der Waals surface area contributed by atoms with Crippen LogP contribution >= 0.6 is 0 Å². The van der Waals surface area contributed by atoms with Crippen LogP contribution in [0, 0.1) is 0 Å². The first-order chi connectivity index (χ1) is 15.4. The fraction of sp³-hybridized carbons (Fsp3) is 0.333. The van der Waals surface area contributed by atoms with Crippen LogP contribution in [-0.4, -0.2) is 52.1 Å². The van der Waals surface area contributed by atoms with Crippen molar-refractivity contribution in [2.24, 2.45) is 7.05 Å². The number of rotatable bonds is 6. The standard InChI is InChI=1S/C24H27N5O3/c1-5-32-24(31)17-7-6-8-18-19(17)22(30)20(23-25-14-26-29(23)4)21(27-18)16-11-9-15(10-12-16)13-28(2)3/h6-12,14,20-21,27H,5,13H2,1-4H3. The summed E-state index contributed by atoms with van der Waals surface area (Å²) in [5.41, 5.74) is 3.34. The van der Waals surface area contributed by atoms with Crippen LogP contribution in [-0.2, 0) is 18.3 Å². The lowest BCUT2D eigenvalue weighted by molar-refractivity contribution is 0.0522. The Morgan fingerprint density at radius 3 is 2.56 bits per heavy atom. The van der Waals surface area contributed by atoms with Gasteiger partial charge in [0.25, 0.3) is 0 Å². The molecule has 2 atom stereocenters. The molecule has 0 fully saturated rings. The number of anilines is 1. The molecule has 0 saturated carbocycles. The number of ether oxygens (including phenoxy) is 1. The van der Waals surface area contributed by atoms with Gasteiger partial charge in [-0.3, -0.25) is 9.48 Å². The number of ketones is 1. The third-order valence-electron chi connectivity index (χ3n) is 5.60. The predicted molar refractivity (Wildman–Crippen MR) is 121 cm³/mol. The van der Waals surface area contributed by atoms with Gasteiger partial charge in [0, 0.05) is 19.3 Å². The number of nitrogens with one attached hydrogen (secondary N) is 1. The molecule has 8 nitrogen and oxygen atoms in total. The molecule has 4 rings (SSSR count). The maximum atomic E-state index is 13.9. The Bertz CT molecular complexity index is 1140. The summed E-state index contributed by atoms with van der Waals surface area (Å²) in [4.78, 5) is 32.9. The van der Waals surface area contributed by atoms with E-state index in [1.165, 1.54) is 11.9 Å². The van der Waals surface area contributed by atoms with Crippen LogP contribution in [0.1, 0.15) is 56.6 Å². The molecule has 1 aliphatic heterocycles. The molecule has 0 spiro atoms. The molecule has 2 heterocycles. The van der Waals surface area contributed by atoms with Crippen LogP contribution < -0.4 is 5.32 Å². The highest BCUT2D eigenvalue weighted by atomic mass is 16.5. The summed E-state index contributed by atoms with van der Waals surface area (Å²) in [6.45, 7) is 2.81. The van der Waals surface area contributed by atoms with Gasteiger partial charge in [-0.25, -0.2) is 9.78 Å². The topological polar surface area (TPSA) is 89.4 Å². The molecule has 1 aliphatic rings. The summed E-state index contributed by atoms with van der Waals surface area (Å²) in [5.74, 6) is -0.803. The van der Waals surface area contributed by atoms with Gasteiger partial charge >= 0.3 is 5.97 Å². The molecule has 1 N–H and O–H groups in total. The van der Waals surface area contributed by atoms with Gasteiger partial charge in [-0.05, 0) is 44.3 Å². The average molecular weight is 434 g/mol. The molecule has 0 amide bonds. The number of carbonyl (C=O) groups is 2. The lowest BCUT2D eigenvalue weighted by Gasteiger charge is -2.34. The first-order valence-electron chi connectivity index (χ1n) is 10.6. The van der Waals surface area contributed by atoms with Crippen LogP contribution in [0.25, 0.3) is 0 Å². The molecule has 1 aromatic heterocycles. The summed E-state index contributed by atoms with van der Waals surface area (Å²) >= 11 is 0. The van der Waals surface area contributed by atoms with Gasteiger partial charge in [-0.15, -0.1) is 0 Å². The number of esters is 1. The molecular weight excluding hydrogens is 406 g/mol. The Labute approximate surface area is 187 Å². The number of carbonyl (C=O) groups excluding carboxylic acids is 2. The number of hydrogen-bond donors (Lipinski definition) is 1. The SMILES string of the molecule is CCOC(=O)c1cccc2c1C(=O)C(c1ncnn1C)C(c1ccc(CN(C)C)cc1)N2. The minimum absolute atomic E-state index is 0.180. The molecule has 2 aromatic carbocycles. The molecule has 0 radical (unpaired) electrons. The minimum Gasteiger partial charge on any atom is -0.462 e. The van der Waals surface area contributed by atoms with Gasteiger partial charge in [0.2, 0.25) is 0 Å². The summed E-state index contributed by atoms with van der Waals surface area (Å²) < 4.78 is 6.80. The van der Waals surface area contributed by atoms with Gasteiger partial charge in [0.1, 0.15) is 18.1 Å². The second-order valence-corrected chi connectivity index (χ2v) is 8.13. The quantitative estimate of drug-likeness (QED) is 0.597. The first-order valence-corrected chi connectivity index (χ1v) is 10.6. The van der Waals surface area contributed by atoms with Crippen molar-refractivity contribution in [1.82, 2.24) is 19.7 Å². The van der Waals surface area contributed by atoms with E-state index in [1.807, 2.05) is 32.3 Å². The Morgan fingerprint density at radius 2 is 1.94 bits per heavy atom. The largest absolute Gasteiger partial charge is 0.462 e. The zero-order valence-electron chi connectivity index (χ0n) is 18.7. The number of benzene rings is 2. The van der Waals surface area contributed by atoms with E-state index in [9.17, 15) is 9.59 Å². The van der Waals surface area contributed by atoms with E-state index in [2.05, 4.69) is 32.4 Å². The van der Waals surface area contributed by atoms with Crippen molar-refractivity contribution in [3.8, 4) is 0 Å². The summed E-state index contributed by atoms with van der Waals surface area (Å²) in [5, 5.41) is 7.66. The second kappa shape index (κ2) is 8.92. The zero-order valence-corrected chi connectivity index (χ0v) is 18.7. The smallest absolute Gasteiger partial charge is 0.338 e. The zero-order chi connectivity index (χ0) is 22.8. The van der Waals surface area contributed by atoms with Crippen LogP contribution in [0.2, 0.25) is 0 Å². The van der Waals surface area contributed by atoms with E-state index in [1.54, 1.807) is 30.8 Å². The normalized spacial score (nSPS) is 17.7. The Balaban J connectivity index is 1.81. The minimum atomic E-state index is -0.648. The van der Waals surface area contributed by atoms with E-state index in [0.717, 1.165) is 12.1 Å². The van der Waals surface area contributed by atoms with Crippen molar-refractivity contribution in [1.29, 1.82) is 0 Å². The fourth-order valence-corrected chi connectivity index (χ4v) is 4.20. The molecule has 0 aliphatic carbocycles. The monoisotopic (exact) mass is 433 g/mol. The highest BCUT2D eigenvalue weighted by molar-refractivity contribution is 6.14. The molecule has 0 bridgehead atoms. The molecule has 166 valence electrons. The summed E-state index contributed by atoms with van der Waals surface area (Å²) in [7, 11) is 5.81. The first kappa shape index (κ1) is 21.7. The molecule has 3 aromatic rings. The van der Waals surface area contributed by atoms with Crippen LogP contribution in [0.15, 0.2) is 48.8 Å². The highest BCUT2D eigenvalue weighted by Crippen LogP contribution is 2.43. The molecule has 2 unspecified atom stereocenters. The number of hydrogen-bond acceptors (Lipinski definition) is 7. The van der Waals surface area contributed by atoms with Gasteiger partial charge in [-0.2, -0.15) is 5.10 Å². The number of nitrogens with zero attached hydrogens (tertiary/aromatic N) is 4. The Hall–Kier alpha value is -3.52. The molecule has 0 saturated heterocycles. The van der Waals surface area contributed by atoms with Crippen LogP contribution in [0.4, 0.5) is 5.69 Å². The van der Waals surface area contributed by atoms with Crippen molar-refractivity contribution in [2.45, 2.75) is 25.4 Å². The number of fused-ring (bicyclic) bond motifs is 1. The van der Waals surface area contributed by atoms with Gasteiger partial charge in [0.15, 0.2) is 5.78 Å². The van der Waals surface area contributed by atoms with Crippen molar-refractivity contribution in [2.75, 3.05) is 26.0 Å². The van der Waals surface area contributed by atoms with Crippen molar-refractivity contribution in [3.05, 3.63) is 76.9 Å². The van der Waals surface area contributed by atoms with Crippen LogP contribution in [0.5, 0.6) is 0 Å². The van der Waals surface area contributed by atoms with E-state index in [4.69, 9.17) is 4.74 Å². The number of aromatic nitrogens is 3. The summed E-state index contributed by atoms with van der Waals surface area (Å²) in [6, 6.07) is 13.0. The van der Waals surface area contributed by atoms with Gasteiger partial charge in [-0.1, -0.05) is 30.3 Å². The van der Waals surface area contributed by atoms with E-state index in [0.29, 0.717) is 17.1 Å². The maximum absolute atomic E-state index is 13.9. The molecular formula is C24H27N5O3. The summed E-state index contributed by atoms with van der Waals surface area (Å²) in [6.07, 6.45) is 1.44. The predicted octanol–water partition coefficient (Wildman–Crippen LogP) is 3.19. The van der Waals surface area contributed by atoms with Gasteiger partial charge < -0.3 is 15.0 Å². The van der Waals surface area contributed by atoms with Crippen molar-refractivity contribution in [3.63, 3.8) is 0 Å². The number of aryl methyl sites for hydroxylation is 1. The van der Waals surface area contributed by atoms with E-state index < -0.39 is 11.9 Å². The maximum Gasteiger partial charge on any atom is 0.338 e. The van der Waals surface area contributed by atoms with Crippen molar-refractivity contribution >= 4 is 17.4 Å². The highest BCUT2D eigenvalue weighted by Gasteiger charge is 2.42. The molecule has 8 heteroatoms. The van der Waals surface area contributed by atoms with Crippen molar-refractivity contribution < 1.29 is 14.3 Å². The van der Waals surface area contributed by atoms with Gasteiger partial charge in [0.05, 0.1) is 23.8 Å². The average Bonchev–Trinajstić information content (AvgIpc) is 3.19. The lowest BCUT2D eigenvalue weighted by atomic mass is 9.80. The van der Waals surface area contributed by atoms with E-state index in [-0.39, 0.29) is 24.0 Å². The fourth-order valence-electron chi connectivity index (χ4n) is 4.20. The van der Waals surface area contributed by atoms with Crippen LogP contribution in [0.3, 0.4) is 0 Å². The third kappa shape index (κ3) is 4.01. The Morgan fingerprint density at radius 1 is 1.19 bits per heavy atom. The van der Waals surface area contributed by atoms with E-state index >= 15 is 0 Å². The second-order valence-electron chi connectivity index (χ2n) is 8.13. The third-order valence-corrected chi connectivity index (χ3v) is 5.60.